The van der Waals surface area contributed by atoms with Gasteiger partial charge in [0.25, 0.3) is 0 Å². The fourth-order valence-electron chi connectivity index (χ4n) is 2.14. The fourth-order valence-corrected chi connectivity index (χ4v) is 2.14. The highest BCUT2D eigenvalue weighted by Crippen LogP contribution is 2.32. The molecule has 1 atom stereocenters. The molecule has 6 heteroatoms. The van der Waals surface area contributed by atoms with Crippen molar-refractivity contribution >= 4 is 11.6 Å². The van der Waals surface area contributed by atoms with E-state index in [1.165, 1.54) is 7.11 Å². The first-order chi connectivity index (χ1) is 11.6. The predicted molar refractivity (Wildman–Crippen MR) is 91.1 cm³/mol. The second-order valence-electron chi connectivity index (χ2n) is 5.11. The Bertz CT molecular complexity index is 751. The Morgan fingerprint density at radius 3 is 2.50 bits per heavy atom. The molecule has 0 unspecified atom stereocenters. The number of nitrogens with two attached hydrogens (primary N) is 1. The van der Waals surface area contributed by atoms with E-state index in [0.717, 1.165) is 5.69 Å². The lowest BCUT2D eigenvalue weighted by atomic mass is 10.2. The molecule has 2 aromatic carbocycles. The van der Waals surface area contributed by atoms with Crippen molar-refractivity contribution in [2.45, 2.75) is 19.4 Å². The Morgan fingerprint density at radius 1 is 1.25 bits per heavy atom. The SMILES string of the molecule is CC[C@H](Nc1ccc(Oc2ccc(C#N)cc2OC)cc1)C(N)=O. The number of ether oxygens (including phenoxy) is 2. The summed E-state index contributed by atoms with van der Waals surface area (Å²) in [5.41, 5.74) is 6.59. The lowest BCUT2D eigenvalue weighted by Crippen LogP contribution is -2.34. The average molecular weight is 325 g/mol. The van der Waals surface area contributed by atoms with Gasteiger partial charge in [0.1, 0.15) is 11.8 Å². The molecule has 0 spiro atoms. The minimum Gasteiger partial charge on any atom is -0.493 e. The van der Waals surface area contributed by atoms with E-state index in [9.17, 15) is 4.79 Å². The van der Waals surface area contributed by atoms with Crippen LogP contribution in [0.25, 0.3) is 0 Å². The van der Waals surface area contributed by atoms with Crippen molar-refractivity contribution in [2.24, 2.45) is 5.73 Å². The van der Waals surface area contributed by atoms with Crippen LogP contribution in [0.1, 0.15) is 18.9 Å². The third-order valence-corrected chi connectivity index (χ3v) is 3.47. The summed E-state index contributed by atoms with van der Waals surface area (Å²) in [4.78, 5) is 11.3. The standard InChI is InChI=1S/C18H19N3O3/c1-3-15(18(20)22)21-13-5-7-14(8-6-13)24-16-9-4-12(11-19)10-17(16)23-2/h4-10,15,21H,3H2,1-2H3,(H2,20,22)/t15-/m0/s1. The number of hydrogen-bond acceptors (Lipinski definition) is 5. The summed E-state index contributed by atoms with van der Waals surface area (Å²) in [5.74, 6) is 1.22. The molecule has 0 aliphatic rings. The molecule has 0 aliphatic heterocycles. The molecule has 0 bridgehead atoms. The second kappa shape index (κ2) is 7.88. The molecule has 6 nitrogen and oxygen atoms in total. The van der Waals surface area contributed by atoms with Gasteiger partial charge in [-0.2, -0.15) is 5.26 Å². The summed E-state index contributed by atoms with van der Waals surface area (Å²) >= 11 is 0. The van der Waals surface area contributed by atoms with Crippen LogP contribution in [0.4, 0.5) is 5.69 Å². The van der Waals surface area contributed by atoms with E-state index in [1.807, 2.05) is 6.92 Å². The fraction of sp³-hybridized carbons (Fsp3) is 0.222. The molecule has 124 valence electrons. The Hall–Kier alpha value is -3.20. The van der Waals surface area contributed by atoms with Crippen LogP contribution in [0.2, 0.25) is 0 Å². The number of benzene rings is 2. The molecule has 0 saturated carbocycles. The summed E-state index contributed by atoms with van der Waals surface area (Å²) in [6.07, 6.45) is 0.607. The zero-order chi connectivity index (χ0) is 17.5. The zero-order valence-corrected chi connectivity index (χ0v) is 13.6. The molecule has 2 rings (SSSR count). The van der Waals surface area contributed by atoms with Crippen molar-refractivity contribution in [3.05, 3.63) is 48.0 Å². The number of carbonyl (C=O) groups is 1. The van der Waals surface area contributed by atoms with Gasteiger partial charge >= 0.3 is 0 Å². The number of hydrogen-bond donors (Lipinski definition) is 2. The van der Waals surface area contributed by atoms with E-state index in [-0.39, 0.29) is 5.91 Å². The number of primary amides is 1. The molecule has 0 radical (unpaired) electrons. The van der Waals surface area contributed by atoms with E-state index < -0.39 is 6.04 Å². The summed E-state index contributed by atoms with van der Waals surface area (Å²) in [5, 5.41) is 12.0. The highest BCUT2D eigenvalue weighted by molar-refractivity contribution is 5.82. The van der Waals surface area contributed by atoms with E-state index in [0.29, 0.717) is 29.2 Å². The third kappa shape index (κ3) is 4.17. The third-order valence-electron chi connectivity index (χ3n) is 3.47. The van der Waals surface area contributed by atoms with Crippen LogP contribution in [0.5, 0.6) is 17.2 Å². The van der Waals surface area contributed by atoms with Crippen LogP contribution in [0.3, 0.4) is 0 Å². The van der Waals surface area contributed by atoms with Crippen LogP contribution in [-0.4, -0.2) is 19.1 Å². The Kier molecular flexibility index (Phi) is 5.63. The first-order valence-corrected chi connectivity index (χ1v) is 7.49. The number of nitrogens with zero attached hydrogens (tertiary/aromatic N) is 1. The van der Waals surface area contributed by atoms with Crippen molar-refractivity contribution in [3.63, 3.8) is 0 Å². The molecule has 0 fully saturated rings. The number of anilines is 1. The number of methoxy groups -OCH3 is 1. The number of carbonyl (C=O) groups excluding carboxylic acids is 1. The summed E-state index contributed by atoms with van der Waals surface area (Å²) < 4.78 is 11.0. The van der Waals surface area contributed by atoms with E-state index in [1.54, 1.807) is 42.5 Å². The maximum absolute atomic E-state index is 11.3. The van der Waals surface area contributed by atoms with Crippen LogP contribution in [0, 0.1) is 11.3 Å². The van der Waals surface area contributed by atoms with Gasteiger partial charge in [-0.05, 0) is 42.8 Å². The van der Waals surface area contributed by atoms with Gasteiger partial charge in [-0.1, -0.05) is 6.92 Å². The van der Waals surface area contributed by atoms with Gasteiger partial charge in [-0.25, -0.2) is 0 Å². The van der Waals surface area contributed by atoms with Gasteiger partial charge < -0.3 is 20.5 Å². The molecule has 0 aromatic heterocycles. The first-order valence-electron chi connectivity index (χ1n) is 7.49. The minimum absolute atomic E-state index is 0.389. The van der Waals surface area contributed by atoms with Crippen molar-refractivity contribution in [3.8, 4) is 23.3 Å². The van der Waals surface area contributed by atoms with Crippen LogP contribution in [-0.2, 0) is 4.79 Å². The lowest BCUT2D eigenvalue weighted by molar-refractivity contribution is -0.118. The summed E-state index contributed by atoms with van der Waals surface area (Å²) in [6.45, 7) is 1.89. The number of amides is 1. The normalized spacial score (nSPS) is 11.2. The van der Waals surface area contributed by atoms with E-state index in [4.69, 9.17) is 20.5 Å². The number of nitrogens with one attached hydrogen (secondary N) is 1. The van der Waals surface area contributed by atoms with Crippen molar-refractivity contribution < 1.29 is 14.3 Å². The monoisotopic (exact) mass is 325 g/mol. The van der Waals surface area contributed by atoms with E-state index in [2.05, 4.69) is 11.4 Å². The maximum Gasteiger partial charge on any atom is 0.239 e. The van der Waals surface area contributed by atoms with Crippen LogP contribution in [0.15, 0.2) is 42.5 Å². The topological polar surface area (TPSA) is 97.4 Å². The first kappa shape index (κ1) is 17.2. The molecular formula is C18H19N3O3. The molecule has 24 heavy (non-hydrogen) atoms. The molecule has 1 amide bonds. The second-order valence-corrected chi connectivity index (χ2v) is 5.11. The Morgan fingerprint density at radius 2 is 1.96 bits per heavy atom. The highest BCUT2D eigenvalue weighted by Gasteiger charge is 2.12. The number of nitriles is 1. The average Bonchev–Trinajstić information content (AvgIpc) is 2.61. The zero-order valence-electron chi connectivity index (χ0n) is 13.6. The summed E-state index contributed by atoms with van der Waals surface area (Å²) in [7, 11) is 1.52. The molecule has 0 saturated heterocycles. The molecule has 2 aromatic rings. The van der Waals surface area contributed by atoms with Gasteiger partial charge in [0, 0.05) is 11.8 Å². The van der Waals surface area contributed by atoms with Gasteiger partial charge in [0.15, 0.2) is 11.5 Å². The smallest absolute Gasteiger partial charge is 0.239 e. The highest BCUT2D eigenvalue weighted by atomic mass is 16.5. The largest absolute Gasteiger partial charge is 0.493 e. The molecule has 3 N–H and O–H groups in total. The van der Waals surface area contributed by atoms with Gasteiger partial charge in [0.05, 0.1) is 18.7 Å². The maximum atomic E-state index is 11.3. The quantitative estimate of drug-likeness (QED) is 0.815. The van der Waals surface area contributed by atoms with Crippen molar-refractivity contribution in [1.29, 1.82) is 5.26 Å². The minimum atomic E-state index is -0.407. The molecule has 0 heterocycles. The summed E-state index contributed by atoms with van der Waals surface area (Å²) in [6, 6.07) is 13.8. The Labute approximate surface area is 140 Å². The van der Waals surface area contributed by atoms with Gasteiger partial charge in [0.2, 0.25) is 5.91 Å². The molecular weight excluding hydrogens is 306 g/mol. The van der Waals surface area contributed by atoms with Crippen molar-refractivity contribution in [1.82, 2.24) is 0 Å². The number of rotatable bonds is 7. The van der Waals surface area contributed by atoms with Crippen LogP contribution < -0.4 is 20.5 Å². The predicted octanol–water partition coefficient (Wildman–Crippen LogP) is 3.03. The van der Waals surface area contributed by atoms with Gasteiger partial charge in [-0.3, -0.25) is 4.79 Å². The van der Waals surface area contributed by atoms with Crippen molar-refractivity contribution in [2.75, 3.05) is 12.4 Å². The lowest BCUT2D eigenvalue weighted by Gasteiger charge is -2.15. The van der Waals surface area contributed by atoms with Crippen LogP contribution >= 0.6 is 0 Å². The Balaban J connectivity index is 2.12. The van der Waals surface area contributed by atoms with Gasteiger partial charge in [-0.15, -0.1) is 0 Å². The molecule has 0 aliphatic carbocycles. The van der Waals surface area contributed by atoms with E-state index >= 15 is 0 Å².